The van der Waals surface area contributed by atoms with Crippen LogP contribution in [0.5, 0.6) is 0 Å². The molecule has 2 rings (SSSR count). The van der Waals surface area contributed by atoms with Gasteiger partial charge in [0.05, 0.1) is 6.17 Å². The fraction of sp³-hybridized carbons (Fsp3) is 1.00. The van der Waals surface area contributed by atoms with Gasteiger partial charge >= 0.3 is 0 Å². The quantitative estimate of drug-likeness (QED) is 0.612. The third kappa shape index (κ3) is 2.27. The zero-order chi connectivity index (χ0) is 9.97. The van der Waals surface area contributed by atoms with E-state index in [2.05, 4.69) is 28.8 Å². The van der Waals surface area contributed by atoms with Crippen molar-refractivity contribution in [3.05, 3.63) is 0 Å². The van der Waals surface area contributed by atoms with Crippen LogP contribution in [0.3, 0.4) is 0 Å². The van der Waals surface area contributed by atoms with Crippen LogP contribution in [0.15, 0.2) is 0 Å². The van der Waals surface area contributed by atoms with E-state index < -0.39 is 0 Å². The van der Waals surface area contributed by atoms with Crippen molar-refractivity contribution in [2.24, 2.45) is 0 Å². The Morgan fingerprint density at radius 2 is 1.57 bits per heavy atom. The number of piperidine rings is 1. The van der Waals surface area contributed by atoms with E-state index in [9.17, 15) is 0 Å². The number of hydrogen-bond acceptors (Lipinski definition) is 3. The topological polar surface area (TPSA) is 9.72 Å². The van der Waals surface area contributed by atoms with E-state index in [0.717, 1.165) is 6.17 Å². The molecule has 0 N–H and O–H groups in total. The van der Waals surface area contributed by atoms with E-state index in [1.165, 1.54) is 52.0 Å². The molecule has 2 aliphatic rings. The van der Waals surface area contributed by atoms with Gasteiger partial charge in [0.25, 0.3) is 0 Å². The maximum atomic E-state index is 2.67. The Bertz CT molecular complexity index is 175. The molecule has 0 amide bonds. The van der Waals surface area contributed by atoms with Gasteiger partial charge in [-0.25, -0.2) is 0 Å². The Morgan fingerprint density at radius 3 is 2.21 bits per heavy atom. The molecule has 3 heteroatoms. The summed E-state index contributed by atoms with van der Waals surface area (Å²) in [5.41, 5.74) is 0. The van der Waals surface area contributed by atoms with Gasteiger partial charge in [0.15, 0.2) is 0 Å². The smallest absolute Gasteiger partial charge is 0.0620 e. The standard InChI is InChI=1S/C11H23N3/c1-12-7-9-14(10-8-12)11-5-3-4-6-13(11)2/h11H,3-10H2,1-2H3. The minimum atomic E-state index is 0.734. The van der Waals surface area contributed by atoms with E-state index in [1.807, 2.05) is 0 Å². The maximum absolute atomic E-state index is 2.67. The molecular formula is C11H23N3. The largest absolute Gasteiger partial charge is 0.304 e. The monoisotopic (exact) mass is 197 g/mol. The number of rotatable bonds is 1. The molecule has 2 fully saturated rings. The maximum Gasteiger partial charge on any atom is 0.0620 e. The highest BCUT2D eigenvalue weighted by Crippen LogP contribution is 2.19. The molecule has 0 aromatic rings. The fourth-order valence-corrected chi connectivity index (χ4v) is 2.64. The highest BCUT2D eigenvalue weighted by Gasteiger charge is 2.27. The zero-order valence-corrected chi connectivity index (χ0v) is 9.58. The SMILES string of the molecule is CN1CCN(C2CCCCN2C)CC1. The van der Waals surface area contributed by atoms with Crippen LogP contribution in [0.25, 0.3) is 0 Å². The van der Waals surface area contributed by atoms with Crippen molar-refractivity contribution in [1.29, 1.82) is 0 Å². The van der Waals surface area contributed by atoms with Gasteiger partial charge in [-0.3, -0.25) is 9.80 Å². The first-order valence-corrected chi connectivity index (χ1v) is 5.90. The van der Waals surface area contributed by atoms with E-state index in [4.69, 9.17) is 0 Å². The lowest BCUT2D eigenvalue weighted by Gasteiger charge is -2.44. The van der Waals surface area contributed by atoms with Crippen molar-refractivity contribution in [2.75, 3.05) is 46.8 Å². The molecule has 1 unspecified atom stereocenters. The van der Waals surface area contributed by atoms with Crippen molar-refractivity contribution in [2.45, 2.75) is 25.4 Å². The summed E-state index contributed by atoms with van der Waals surface area (Å²) in [6, 6.07) is 0. The number of likely N-dealkylation sites (tertiary alicyclic amines) is 1. The Labute approximate surface area is 87.7 Å². The molecule has 2 aliphatic heterocycles. The lowest BCUT2D eigenvalue weighted by molar-refractivity contribution is 0.00446. The van der Waals surface area contributed by atoms with E-state index in [-0.39, 0.29) is 0 Å². The second kappa shape index (κ2) is 4.60. The Balaban J connectivity index is 1.87. The summed E-state index contributed by atoms with van der Waals surface area (Å²) in [7, 11) is 4.50. The molecular weight excluding hydrogens is 174 g/mol. The summed E-state index contributed by atoms with van der Waals surface area (Å²) in [5, 5.41) is 0. The lowest BCUT2D eigenvalue weighted by Crippen LogP contribution is -2.55. The van der Waals surface area contributed by atoms with Crippen molar-refractivity contribution in [1.82, 2.24) is 14.7 Å². The van der Waals surface area contributed by atoms with Crippen molar-refractivity contribution < 1.29 is 0 Å². The Hall–Kier alpha value is -0.120. The Kier molecular flexibility index (Phi) is 3.42. The molecule has 2 saturated heterocycles. The molecule has 0 aromatic carbocycles. The first-order valence-electron chi connectivity index (χ1n) is 5.90. The third-order valence-electron chi connectivity index (χ3n) is 3.69. The van der Waals surface area contributed by atoms with Gasteiger partial charge in [0.2, 0.25) is 0 Å². The van der Waals surface area contributed by atoms with E-state index in [0.29, 0.717) is 0 Å². The molecule has 2 heterocycles. The summed E-state index contributed by atoms with van der Waals surface area (Å²) < 4.78 is 0. The van der Waals surface area contributed by atoms with Gasteiger partial charge in [-0.05, 0) is 39.9 Å². The van der Waals surface area contributed by atoms with Crippen LogP contribution in [0.1, 0.15) is 19.3 Å². The van der Waals surface area contributed by atoms with Crippen molar-refractivity contribution in [3.8, 4) is 0 Å². The minimum Gasteiger partial charge on any atom is -0.304 e. The number of hydrogen-bond donors (Lipinski definition) is 0. The second-order valence-corrected chi connectivity index (χ2v) is 4.80. The van der Waals surface area contributed by atoms with Crippen LogP contribution < -0.4 is 0 Å². The third-order valence-corrected chi connectivity index (χ3v) is 3.69. The number of piperazine rings is 1. The van der Waals surface area contributed by atoms with Gasteiger partial charge in [-0.15, -0.1) is 0 Å². The first kappa shape index (κ1) is 10.4. The predicted octanol–water partition coefficient (Wildman–Crippen LogP) is 0.676. The molecule has 0 spiro atoms. The predicted molar refractivity (Wildman–Crippen MR) is 59.3 cm³/mol. The van der Waals surface area contributed by atoms with Crippen LogP contribution >= 0.6 is 0 Å². The normalized spacial score (nSPS) is 33.4. The van der Waals surface area contributed by atoms with Crippen LogP contribution in [0.4, 0.5) is 0 Å². The molecule has 0 saturated carbocycles. The first-order chi connectivity index (χ1) is 6.77. The molecule has 0 aliphatic carbocycles. The Morgan fingerprint density at radius 1 is 0.857 bits per heavy atom. The summed E-state index contributed by atoms with van der Waals surface area (Å²) in [6.45, 7) is 6.28. The van der Waals surface area contributed by atoms with Crippen LogP contribution in [-0.2, 0) is 0 Å². The molecule has 0 aromatic heterocycles. The summed E-state index contributed by atoms with van der Waals surface area (Å²) in [5.74, 6) is 0. The minimum absolute atomic E-state index is 0.734. The summed E-state index contributed by atoms with van der Waals surface area (Å²) in [4.78, 5) is 7.63. The van der Waals surface area contributed by atoms with Crippen molar-refractivity contribution >= 4 is 0 Å². The van der Waals surface area contributed by atoms with Gasteiger partial charge in [0.1, 0.15) is 0 Å². The summed E-state index contributed by atoms with van der Waals surface area (Å²) in [6.07, 6.45) is 4.92. The molecule has 3 nitrogen and oxygen atoms in total. The average molecular weight is 197 g/mol. The van der Waals surface area contributed by atoms with Gasteiger partial charge in [-0.1, -0.05) is 0 Å². The van der Waals surface area contributed by atoms with E-state index in [1.54, 1.807) is 0 Å². The molecule has 0 bridgehead atoms. The molecule has 14 heavy (non-hydrogen) atoms. The van der Waals surface area contributed by atoms with E-state index >= 15 is 0 Å². The summed E-state index contributed by atoms with van der Waals surface area (Å²) >= 11 is 0. The molecule has 1 atom stereocenters. The number of nitrogens with zero attached hydrogens (tertiary/aromatic N) is 3. The van der Waals surface area contributed by atoms with Crippen LogP contribution in [0.2, 0.25) is 0 Å². The second-order valence-electron chi connectivity index (χ2n) is 4.80. The van der Waals surface area contributed by atoms with Gasteiger partial charge < -0.3 is 4.90 Å². The highest BCUT2D eigenvalue weighted by molar-refractivity contribution is 4.79. The van der Waals surface area contributed by atoms with Gasteiger partial charge in [-0.2, -0.15) is 0 Å². The fourth-order valence-electron chi connectivity index (χ4n) is 2.64. The zero-order valence-electron chi connectivity index (χ0n) is 9.58. The lowest BCUT2D eigenvalue weighted by atomic mass is 10.1. The highest BCUT2D eigenvalue weighted by atomic mass is 15.4. The van der Waals surface area contributed by atoms with Crippen molar-refractivity contribution in [3.63, 3.8) is 0 Å². The van der Waals surface area contributed by atoms with Crippen LogP contribution in [-0.4, -0.2) is 67.7 Å². The van der Waals surface area contributed by atoms with Crippen LogP contribution in [0, 0.1) is 0 Å². The average Bonchev–Trinajstić information content (AvgIpc) is 2.20. The van der Waals surface area contributed by atoms with Gasteiger partial charge in [0, 0.05) is 26.2 Å². The number of likely N-dealkylation sites (N-methyl/N-ethyl adjacent to an activating group) is 1. The molecule has 82 valence electrons. The molecule has 0 radical (unpaired) electrons.